The van der Waals surface area contributed by atoms with Gasteiger partial charge in [-0.15, -0.1) is 0 Å². The Morgan fingerprint density at radius 1 is 0.456 bits per heavy atom. The molecule has 0 radical (unpaired) electrons. The summed E-state index contributed by atoms with van der Waals surface area (Å²) < 4.78 is 0. The number of para-hydroxylation sites is 1. The minimum Gasteiger partial charge on any atom is -0.317 e. The van der Waals surface area contributed by atoms with E-state index in [0.717, 1.165) is 32.1 Å². The lowest BCUT2D eigenvalue weighted by Gasteiger charge is -2.28. The zero-order valence-corrected chi connectivity index (χ0v) is 40.1. The Morgan fingerprint density at radius 3 is 1.88 bits per heavy atom. The first kappa shape index (κ1) is 43.1. The lowest BCUT2D eigenvalue weighted by Crippen LogP contribution is -2.20. The third-order valence-electron chi connectivity index (χ3n) is 14.8. The Bertz CT molecular complexity index is 3370. The molecule has 1 atom stereocenters. The van der Waals surface area contributed by atoms with Crippen LogP contribution in [0.5, 0.6) is 0 Å². The highest BCUT2D eigenvalue weighted by atomic mass is 15.2. The number of aryl methyl sites for hydroxylation is 3. The number of hydrogen-bond acceptors (Lipinski definition) is 1. The summed E-state index contributed by atoms with van der Waals surface area (Å²) in [6.07, 6.45) is 14.9. The van der Waals surface area contributed by atoms with Crippen LogP contribution in [-0.2, 0) is 12.8 Å². The van der Waals surface area contributed by atoms with Gasteiger partial charge in [-0.05, 0) is 195 Å². The molecule has 68 heavy (non-hydrogen) atoms. The zero-order valence-electron chi connectivity index (χ0n) is 40.1. The molecule has 1 heteroatoms. The summed E-state index contributed by atoms with van der Waals surface area (Å²) in [5.41, 5.74) is 31.7. The Balaban J connectivity index is 0.000000192. The van der Waals surface area contributed by atoms with E-state index in [2.05, 4.69) is 226 Å². The van der Waals surface area contributed by atoms with Crippen LogP contribution in [0.1, 0.15) is 77.6 Å². The summed E-state index contributed by atoms with van der Waals surface area (Å²) >= 11 is 0. The maximum Gasteiger partial charge on any atom is 0.0455 e. The molecule has 0 N–H and O–H groups in total. The van der Waals surface area contributed by atoms with Crippen molar-refractivity contribution in [3.63, 3.8) is 0 Å². The monoisotopic (exact) mass is 877 g/mol. The highest BCUT2D eigenvalue weighted by Crippen LogP contribution is 2.51. The SMILES string of the molecule is CC.Cc1cccc(-c2cccc3c2Cc2ccccc2-3)c1.Cc1ccccc1-c1cc(-c2ccc3c(c2)-c2cc(C4=CC=C5C(C4)C4=C(CCC=C4)N5c4ccccc4)ccc2C3)ccc1C. The van der Waals surface area contributed by atoms with Crippen LogP contribution in [0, 0.1) is 26.7 Å². The third-order valence-corrected chi connectivity index (χ3v) is 14.8. The molecule has 0 spiro atoms. The van der Waals surface area contributed by atoms with Gasteiger partial charge in [0.25, 0.3) is 0 Å². The van der Waals surface area contributed by atoms with Gasteiger partial charge in [0, 0.05) is 23.0 Å². The van der Waals surface area contributed by atoms with Gasteiger partial charge in [-0.3, -0.25) is 0 Å². The summed E-state index contributed by atoms with van der Waals surface area (Å²) in [5.74, 6) is 0.405. The number of fused-ring (bicyclic) bond motifs is 8. The molecule has 0 fully saturated rings. The van der Waals surface area contributed by atoms with Gasteiger partial charge >= 0.3 is 0 Å². The van der Waals surface area contributed by atoms with Gasteiger partial charge in [0.1, 0.15) is 0 Å². The largest absolute Gasteiger partial charge is 0.317 e. The highest BCUT2D eigenvalue weighted by Gasteiger charge is 2.38. The minimum absolute atomic E-state index is 0.405. The fourth-order valence-electron chi connectivity index (χ4n) is 11.4. The Labute approximate surface area is 404 Å². The molecule has 0 saturated carbocycles. The van der Waals surface area contributed by atoms with Crippen LogP contribution in [0.25, 0.3) is 61.2 Å². The number of rotatable bonds is 5. The molecule has 8 aromatic rings. The fourth-order valence-corrected chi connectivity index (χ4v) is 11.4. The van der Waals surface area contributed by atoms with Crippen LogP contribution in [0.15, 0.2) is 217 Å². The summed E-state index contributed by atoms with van der Waals surface area (Å²) in [7, 11) is 0. The molecule has 1 nitrogen and oxygen atoms in total. The second-order valence-corrected chi connectivity index (χ2v) is 18.9. The Hall–Kier alpha value is -7.48. The first-order valence-corrected chi connectivity index (χ1v) is 24.8. The van der Waals surface area contributed by atoms with E-state index in [4.69, 9.17) is 0 Å². The normalized spacial score (nSPS) is 15.6. The van der Waals surface area contributed by atoms with Gasteiger partial charge in [-0.25, -0.2) is 0 Å². The molecule has 0 aromatic heterocycles. The molecule has 5 aliphatic rings. The van der Waals surface area contributed by atoms with Gasteiger partial charge in [0.05, 0.1) is 0 Å². The Morgan fingerprint density at radius 2 is 1.09 bits per heavy atom. The summed E-state index contributed by atoms with van der Waals surface area (Å²) in [6.45, 7) is 10.6. The average molecular weight is 878 g/mol. The fraction of sp³-hybridized carbons (Fsp3) is 0.164. The third kappa shape index (κ3) is 7.80. The van der Waals surface area contributed by atoms with E-state index in [9.17, 15) is 0 Å². The van der Waals surface area contributed by atoms with Crippen LogP contribution < -0.4 is 4.90 Å². The van der Waals surface area contributed by atoms with Crippen LogP contribution in [-0.4, -0.2) is 0 Å². The topological polar surface area (TPSA) is 3.24 Å². The van der Waals surface area contributed by atoms with Crippen molar-refractivity contribution in [1.82, 2.24) is 0 Å². The average Bonchev–Trinajstić information content (AvgIpc) is 4.07. The molecule has 13 rings (SSSR count). The van der Waals surface area contributed by atoms with Crippen LogP contribution in [0.4, 0.5) is 5.69 Å². The molecule has 0 saturated heterocycles. The van der Waals surface area contributed by atoms with E-state index in [1.165, 1.54) is 128 Å². The molecule has 8 aromatic carbocycles. The van der Waals surface area contributed by atoms with Crippen molar-refractivity contribution < 1.29 is 0 Å². The molecule has 1 aliphatic heterocycles. The maximum absolute atomic E-state index is 2.53. The standard InChI is InChI=1S/C45H37N.C20H16.C2H6/c1-29-10-6-7-13-38(29)40-25-31(17-16-30(40)2)32-18-20-35-24-36-21-19-33(27-42(36)41(35)26-32)34-22-23-45-43(28-34)39-14-8-9-15-44(39)46(45)37-11-4-3-5-12-37;1-14-6-4-8-15(12-14)18-10-5-11-19-17-9-3-2-7-16(17)13-20(18)19;1-2/h3-8,10-14,16-23,25-27,43H,9,15,24,28H2,1-2H3;2-12H,13H2,1H3;1-2H3. The summed E-state index contributed by atoms with van der Waals surface area (Å²) in [4.78, 5) is 2.53. The van der Waals surface area contributed by atoms with E-state index in [0.29, 0.717) is 5.92 Å². The molecule has 1 unspecified atom stereocenters. The van der Waals surface area contributed by atoms with Crippen LogP contribution in [0.3, 0.4) is 0 Å². The number of benzene rings is 8. The summed E-state index contributed by atoms with van der Waals surface area (Å²) in [6, 6.07) is 65.1. The minimum atomic E-state index is 0.405. The van der Waals surface area contributed by atoms with Crippen molar-refractivity contribution in [3.05, 3.63) is 262 Å². The first-order chi connectivity index (χ1) is 33.4. The second-order valence-electron chi connectivity index (χ2n) is 18.9. The quantitative estimate of drug-likeness (QED) is 0.166. The van der Waals surface area contributed by atoms with Gasteiger partial charge < -0.3 is 4.90 Å². The number of anilines is 1. The van der Waals surface area contributed by atoms with Crippen molar-refractivity contribution in [3.8, 4) is 55.6 Å². The number of hydrogen-bond donors (Lipinski definition) is 0. The molecule has 1 heterocycles. The smallest absolute Gasteiger partial charge is 0.0455 e. The lowest BCUT2D eigenvalue weighted by atomic mass is 9.82. The van der Waals surface area contributed by atoms with Crippen molar-refractivity contribution in [2.45, 2.75) is 66.7 Å². The first-order valence-electron chi connectivity index (χ1n) is 24.8. The van der Waals surface area contributed by atoms with Gasteiger partial charge in [0.2, 0.25) is 0 Å². The highest BCUT2D eigenvalue weighted by molar-refractivity contribution is 5.87. The second kappa shape index (κ2) is 18.3. The van der Waals surface area contributed by atoms with E-state index < -0.39 is 0 Å². The van der Waals surface area contributed by atoms with E-state index in [-0.39, 0.29) is 0 Å². The van der Waals surface area contributed by atoms with Crippen molar-refractivity contribution >= 4 is 11.3 Å². The zero-order chi connectivity index (χ0) is 46.3. The van der Waals surface area contributed by atoms with E-state index in [1.807, 2.05) is 13.8 Å². The predicted octanol–water partition coefficient (Wildman–Crippen LogP) is 17.9. The molecule has 332 valence electrons. The van der Waals surface area contributed by atoms with Crippen LogP contribution in [0.2, 0.25) is 0 Å². The molecular formula is C67H59N. The van der Waals surface area contributed by atoms with Crippen molar-refractivity contribution in [1.29, 1.82) is 0 Å². The van der Waals surface area contributed by atoms with Crippen LogP contribution >= 0.6 is 0 Å². The van der Waals surface area contributed by atoms with Crippen molar-refractivity contribution in [2.75, 3.05) is 4.90 Å². The molecule has 4 aliphatic carbocycles. The van der Waals surface area contributed by atoms with Crippen molar-refractivity contribution in [2.24, 2.45) is 5.92 Å². The Kier molecular flexibility index (Phi) is 11.6. The van der Waals surface area contributed by atoms with Gasteiger partial charge in [0.15, 0.2) is 0 Å². The summed E-state index contributed by atoms with van der Waals surface area (Å²) in [5, 5.41) is 0. The lowest BCUT2D eigenvalue weighted by molar-refractivity contribution is 0.760. The maximum atomic E-state index is 2.53. The van der Waals surface area contributed by atoms with E-state index in [1.54, 1.807) is 0 Å². The number of allylic oxidation sites excluding steroid dienone is 7. The predicted molar refractivity (Wildman–Crippen MR) is 290 cm³/mol. The molecular weight excluding hydrogens is 819 g/mol. The molecule has 0 amide bonds. The number of nitrogens with zero attached hydrogens (tertiary/aromatic N) is 1. The van der Waals surface area contributed by atoms with E-state index >= 15 is 0 Å². The molecule has 0 bridgehead atoms. The van der Waals surface area contributed by atoms with Gasteiger partial charge in [-0.2, -0.15) is 0 Å². The van der Waals surface area contributed by atoms with Gasteiger partial charge in [-0.1, -0.05) is 183 Å².